The molecule has 2 aliphatic rings. The van der Waals surface area contributed by atoms with Crippen LogP contribution in [0.5, 0.6) is 5.75 Å². The Bertz CT molecular complexity index is 856. The summed E-state index contributed by atoms with van der Waals surface area (Å²) in [5.41, 5.74) is 1.15. The number of carbonyl (C=O) groups excluding carboxylic acids is 1. The van der Waals surface area contributed by atoms with Crippen molar-refractivity contribution < 1.29 is 14.3 Å². The first-order valence-corrected chi connectivity index (χ1v) is 12.1. The molecule has 2 saturated heterocycles. The van der Waals surface area contributed by atoms with Gasteiger partial charge >= 0.3 is 0 Å². The van der Waals surface area contributed by atoms with E-state index in [0.717, 1.165) is 23.5 Å². The van der Waals surface area contributed by atoms with Gasteiger partial charge < -0.3 is 14.8 Å². The minimum Gasteiger partial charge on any atom is -0.492 e. The van der Waals surface area contributed by atoms with E-state index in [2.05, 4.69) is 10.2 Å². The van der Waals surface area contributed by atoms with Gasteiger partial charge in [0.2, 0.25) is 5.91 Å². The molecule has 2 aromatic carbocycles. The Morgan fingerprint density at radius 1 is 0.969 bits per heavy atom. The van der Waals surface area contributed by atoms with Gasteiger partial charge in [-0.25, -0.2) is 0 Å². The van der Waals surface area contributed by atoms with Crippen LogP contribution in [0.25, 0.3) is 0 Å². The van der Waals surface area contributed by atoms with Crippen LogP contribution in [0.3, 0.4) is 0 Å². The van der Waals surface area contributed by atoms with Crippen LogP contribution in [-0.4, -0.2) is 50.3 Å². The second-order valence-corrected chi connectivity index (χ2v) is 9.22. The molecule has 2 fully saturated rings. The van der Waals surface area contributed by atoms with Crippen molar-refractivity contribution in [3.63, 3.8) is 0 Å². The van der Waals surface area contributed by atoms with E-state index in [9.17, 15) is 4.79 Å². The van der Waals surface area contributed by atoms with Crippen LogP contribution >= 0.6 is 11.6 Å². The molecule has 2 aliphatic heterocycles. The Morgan fingerprint density at radius 2 is 1.62 bits per heavy atom. The molecule has 5 nitrogen and oxygen atoms in total. The molecule has 6 heteroatoms. The van der Waals surface area contributed by atoms with E-state index in [1.807, 2.05) is 48.5 Å². The fourth-order valence-electron chi connectivity index (χ4n) is 4.67. The van der Waals surface area contributed by atoms with Crippen LogP contribution < -0.4 is 10.1 Å². The van der Waals surface area contributed by atoms with E-state index in [4.69, 9.17) is 21.1 Å². The number of amides is 1. The smallest absolute Gasteiger partial charge is 0.235 e. The van der Waals surface area contributed by atoms with Crippen LogP contribution in [0.15, 0.2) is 48.5 Å². The van der Waals surface area contributed by atoms with Gasteiger partial charge in [-0.05, 0) is 80.7 Å². The lowest BCUT2D eigenvalue weighted by atomic mass is 9.73. The number of hydrogen-bond donors (Lipinski definition) is 1. The summed E-state index contributed by atoms with van der Waals surface area (Å²) in [6, 6.07) is 15.3. The topological polar surface area (TPSA) is 50.8 Å². The molecule has 2 aromatic rings. The van der Waals surface area contributed by atoms with Crippen molar-refractivity contribution in [2.45, 2.75) is 43.9 Å². The third-order valence-corrected chi connectivity index (χ3v) is 6.92. The molecule has 0 radical (unpaired) electrons. The minimum atomic E-state index is -0.606. The molecule has 0 saturated carbocycles. The molecule has 0 unspecified atom stereocenters. The van der Waals surface area contributed by atoms with Crippen molar-refractivity contribution in [2.24, 2.45) is 0 Å². The molecule has 0 aliphatic carbocycles. The maximum absolute atomic E-state index is 13.4. The Balaban J connectivity index is 1.35. The predicted octanol–water partition coefficient (Wildman–Crippen LogP) is 5.28. The zero-order valence-corrected chi connectivity index (χ0v) is 19.4. The van der Waals surface area contributed by atoms with Crippen LogP contribution in [0.2, 0.25) is 5.02 Å². The Labute approximate surface area is 196 Å². The van der Waals surface area contributed by atoms with Gasteiger partial charge in [-0.3, -0.25) is 9.69 Å². The quantitative estimate of drug-likeness (QED) is 0.615. The fraction of sp³-hybridized carbons (Fsp3) is 0.500. The van der Waals surface area contributed by atoms with E-state index in [0.29, 0.717) is 37.7 Å². The van der Waals surface area contributed by atoms with E-state index in [1.165, 1.54) is 38.8 Å². The molecule has 172 valence electrons. The van der Waals surface area contributed by atoms with Crippen molar-refractivity contribution in [1.82, 2.24) is 4.90 Å². The zero-order valence-electron chi connectivity index (χ0n) is 18.7. The average Bonchev–Trinajstić information content (AvgIpc) is 3.10. The van der Waals surface area contributed by atoms with Crippen molar-refractivity contribution in [2.75, 3.05) is 44.8 Å². The van der Waals surface area contributed by atoms with Crippen LogP contribution in [-0.2, 0) is 14.9 Å². The fourth-order valence-corrected chi connectivity index (χ4v) is 4.80. The molecule has 32 heavy (non-hydrogen) atoms. The molecule has 2 heterocycles. The number of carbonyl (C=O) groups is 1. The maximum Gasteiger partial charge on any atom is 0.235 e. The molecule has 0 atom stereocenters. The van der Waals surface area contributed by atoms with Crippen molar-refractivity contribution in [1.29, 1.82) is 0 Å². The number of nitrogens with zero attached hydrogens (tertiary/aromatic N) is 1. The highest BCUT2D eigenvalue weighted by atomic mass is 35.5. The summed E-state index contributed by atoms with van der Waals surface area (Å²) in [6.45, 7) is 5.14. The second-order valence-electron chi connectivity index (χ2n) is 8.78. The van der Waals surface area contributed by atoms with Gasteiger partial charge in [0.05, 0.1) is 5.41 Å². The van der Waals surface area contributed by atoms with E-state index < -0.39 is 5.41 Å². The van der Waals surface area contributed by atoms with Gasteiger partial charge in [-0.2, -0.15) is 0 Å². The number of nitrogens with one attached hydrogen (secondary N) is 1. The second kappa shape index (κ2) is 11.2. The summed E-state index contributed by atoms with van der Waals surface area (Å²) in [7, 11) is 0. The van der Waals surface area contributed by atoms with Gasteiger partial charge in [0, 0.05) is 30.5 Å². The summed E-state index contributed by atoms with van der Waals surface area (Å²) >= 11 is 6.07. The molecule has 0 spiro atoms. The van der Waals surface area contributed by atoms with Gasteiger partial charge in [-0.1, -0.05) is 36.6 Å². The van der Waals surface area contributed by atoms with Gasteiger partial charge in [0.15, 0.2) is 0 Å². The molecule has 4 rings (SSSR count). The number of likely N-dealkylation sites (tertiary alicyclic amines) is 1. The summed E-state index contributed by atoms with van der Waals surface area (Å²) in [5.74, 6) is 0.828. The molecule has 0 aromatic heterocycles. The highest BCUT2D eigenvalue weighted by Crippen LogP contribution is 2.37. The van der Waals surface area contributed by atoms with Crippen LogP contribution in [0, 0.1) is 0 Å². The van der Waals surface area contributed by atoms with Gasteiger partial charge in [0.25, 0.3) is 0 Å². The van der Waals surface area contributed by atoms with Crippen LogP contribution in [0.1, 0.15) is 44.1 Å². The molecule has 1 amide bonds. The third kappa shape index (κ3) is 5.83. The monoisotopic (exact) mass is 456 g/mol. The molecule has 1 N–H and O–H groups in total. The Hall–Kier alpha value is -2.08. The lowest BCUT2D eigenvalue weighted by Gasteiger charge is -2.36. The Kier molecular flexibility index (Phi) is 8.06. The average molecular weight is 457 g/mol. The standard InChI is InChI=1S/C26H33ClN2O3/c27-22-7-5-21(6-8-22)26(13-18-31-19-14-26)25(30)28-23-9-11-24(12-10-23)32-20-17-29-15-3-1-2-4-16-29/h5-12H,1-4,13-20H2,(H,28,30). The summed E-state index contributed by atoms with van der Waals surface area (Å²) in [6.07, 6.45) is 6.57. The van der Waals surface area contributed by atoms with Crippen molar-refractivity contribution >= 4 is 23.2 Å². The van der Waals surface area contributed by atoms with Crippen molar-refractivity contribution in [3.05, 3.63) is 59.1 Å². The largest absolute Gasteiger partial charge is 0.492 e. The normalized spacial score (nSPS) is 19.2. The predicted molar refractivity (Wildman–Crippen MR) is 129 cm³/mol. The van der Waals surface area contributed by atoms with E-state index >= 15 is 0 Å². The highest BCUT2D eigenvalue weighted by molar-refractivity contribution is 6.30. The third-order valence-electron chi connectivity index (χ3n) is 6.66. The van der Waals surface area contributed by atoms with Crippen LogP contribution in [0.4, 0.5) is 5.69 Å². The number of halogens is 1. The molecule has 0 bridgehead atoms. The molecular formula is C26H33ClN2O3. The van der Waals surface area contributed by atoms with Gasteiger partial charge in [0.1, 0.15) is 12.4 Å². The molecular weight excluding hydrogens is 424 g/mol. The first-order chi connectivity index (χ1) is 15.7. The lowest BCUT2D eigenvalue weighted by molar-refractivity contribution is -0.125. The summed E-state index contributed by atoms with van der Waals surface area (Å²) < 4.78 is 11.5. The number of rotatable bonds is 7. The van der Waals surface area contributed by atoms with Gasteiger partial charge in [-0.15, -0.1) is 0 Å². The number of anilines is 1. The Morgan fingerprint density at radius 3 is 2.28 bits per heavy atom. The number of benzene rings is 2. The number of ether oxygens (including phenoxy) is 2. The zero-order chi connectivity index (χ0) is 22.2. The highest BCUT2D eigenvalue weighted by Gasteiger charge is 2.41. The first kappa shape index (κ1) is 23.1. The number of hydrogen-bond acceptors (Lipinski definition) is 4. The summed E-state index contributed by atoms with van der Waals surface area (Å²) in [5, 5.41) is 3.79. The SMILES string of the molecule is O=C(Nc1ccc(OCCN2CCCCCC2)cc1)C1(c2ccc(Cl)cc2)CCOCC1. The summed E-state index contributed by atoms with van der Waals surface area (Å²) in [4.78, 5) is 15.9. The first-order valence-electron chi connectivity index (χ1n) is 11.8. The maximum atomic E-state index is 13.4. The van der Waals surface area contributed by atoms with Crippen molar-refractivity contribution in [3.8, 4) is 5.75 Å². The minimum absolute atomic E-state index is 0.00189. The van der Waals surface area contributed by atoms with E-state index in [1.54, 1.807) is 0 Å². The van der Waals surface area contributed by atoms with E-state index in [-0.39, 0.29) is 5.91 Å². The lowest BCUT2D eigenvalue weighted by Crippen LogP contribution is -2.44.